The molecule has 52 heavy (non-hydrogen) atoms. The number of hydrogen-bond donors (Lipinski definition) is 0. The molecule has 0 atom stereocenters. The summed E-state index contributed by atoms with van der Waals surface area (Å²) in [5, 5.41) is 7.10. The second kappa shape index (κ2) is 12.5. The Hall–Kier alpha value is -6.90. The summed E-state index contributed by atoms with van der Waals surface area (Å²) in [5.41, 5.74) is 12.0. The highest BCUT2D eigenvalue weighted by Gasteiger charge is 2.24. The summed E-state index contributed by atoms with van der Waals surface area (Å²) in [4.78, 5) is 2.46. The van der Waals surface area contributed by atoms with Crippen molar-refractivity contribution < 1.29 is 4.42 Å². The lowest BCUT2D eigenvalue weighted by Gasteiger charge is -2.31. The van der Waals surface area contributed by atoms with Crippen LogP contribution in [0.25, 0.3) is 76.9 Å². The van der Waals surface area contributed by atoms with Crippen LogP contribution in [0.1, 0.15) is 0 Å². The van der Waals surface area contributed by atoms with E-state index in [4.69, 9.17) is 4.42 Å². The summed E-state index contributed by atoms with van der Waals surface area (Å²) >= 11 is 0. The van der Waals surface area contributed by atoms with Gasteiger partial charge in [-0.05, 0) is 86.4 Å². The van der Waals surface area contributed by atoms with Gasteiger partial charge in [-0.25, -0.2) is 0 Å². The molecule has 0 amide bonds. The second-order valence-corrected chi connectivity index (χ2v) is 13.3. The molecule has 0 spiro atoms. The molecule has 0 N–H and O–H groups in total. The molecule has 0 aliphatic rings. The molecule has 0 unspecified atom stereocenters. The maximum atomic E-state index is 6.49. The fraction of sp³-hybridized carbons (Fsp3) is 0. The molecule has 0 saturated heterocycles. The molecule has 0 aliphatic carbocycles. The normalized spacial score (nSPS) is 11.5. The molecule has 244 valence electrons. The van der Waals surface area contributed by atoms with Gasteiger partial charge in [0.2, 0.25) is 0 Å². The third-order valence-corrected chi connectivity index (χ3v) is 10.2. The summed E-state index contributed by atoms with van der Waals surface area (Å²) in [6, 6.07) is 71.8. The molecule has 0 radical (unpaired) electrons. The van der Waals surface area contributed by atoms with Gasteiger partial charge in [-0.15, -0.1) is 0 Å². The van der Waals surface area contributed by atoms with E-state index in [2.05, 4.69) is 193 Å². The Balaban J connectivity index is 1.31. The number of furan rings is 1. The molecular formula is C50H33NO. The van der Waals surface area contributed by atoms with E-state index in [9.17, 15) is 0 Å². The minimum absolute atomic E-state index is 0.876. The quantitative estimate of drug-likeness (QED) is 0.165. The minimum atomic E-state index is 0.876. The van der Waals surface area contributed by atoms with Crippen molar-refractivity contribution in [2.45, 2.75) is 0 Å². The van der Waals surface area contributed by atoms with Gasteiger partial charge in [-0.3, -0.25) is 0 Å². The van der Waals surface area contributed by atoms with E-state index in [0.29, 0.717) is 0 Å². The standard InChI is InChI=1S/C50H33NO/c1-3-14-34(15-4-1)38-20-11-21-40(32-38)51(45-25-12-19-37-29-28-36-18-7-8-22-41(36)49(37)45)46-26-13-24-42(35-16-5-2-6-17-35)50(46)39-30-31-44-43-23-9-10-27-47(43)52-48(44)33-39/h1-33H. The third-order valence-electron chi connectivity index (χ3n) is 10.2. The Labute approximate surface area is 302 Å². The van der Waals surface area contributed by atoms with Crippen molar-refractivity contribution in [3.63, 3.8) is 0 Å². The van der Waals surface area contributed by atoms with Crippen molar-refractivity contribution in [3.8, 4) is 33.4 Å². The first kappa shape index (κ1) is 30.0. The fourth-order valence-corrected chi connectivity index (χ4v) is 7.86. The molecule has 10 aromatic rings. The van der Waals surface area contributed by atoms with E-state index < -0.39 is 0 Å². The van der Waals surface area contributed by atoms with Gasteiger partial charge in [0.15, 0.2) is 0 Å². The summed E-state index contributed by atoms with van der Waals surface area (Å²) in [6.07, 6.45) is 0. The highest BCUT2D eigenvalue weighted by Crippen LogP contribution is 2.49. The van der Waals surface area contributed by atoms with E-state index in [1.165, 1.54) is 27.1 Å². The first-order chi connectivity index (χ1) is 25.8. The summed E-state index contributed by atoms with van der Waals surface area (Å²) in [6.45, 7) is 0. The van der Waals surface area contributed by atoms with Crippen molar-refractivity contribution in [2.75, 3.05) is 4.90 Å². The highest BCUT2D eigenvalue weighted by molar-refractivity contribution is 6.16. The Morgan fingerprint density at radius 3 is 1.85 bits per heavy atom. The molecule has 0 bridgehead atoms. The Morgan fingerprint density at radius 1 is 0.346 bits per heavy atom. The van der Waals surface area contributed by atoms with E-state index in [1.807, 2.05) is 12.1 Å². The van der Waals surface area contributed by atoms with Crippen LogP contribution < -0.4 is 4.90 Å². The largest absolute Gasteiger partial charge is 0.456 e. The van der Waals surface area contributed by atoms with Gasteiger partial charge in [0.1, 0.15) is 11.2 Å². The van der Waals surface area contributed by atoms with Crippen LogP contribution in [-0.2, 0) is 0 Å². The van der Waals surface area contributed by atoms with Gasteiger partial charge in [0, 0.05) is 27.4 Å². The van der Waals surface area contributed by atoms with Crippen LogP contribution in [-0.4, -0.2) is 0 Å². The number of hydrogen-bond acceptors (Lipinski definition) is 2. The van der Waals surface area contributed by atoms with Crippen LogP contribution in [0.5, 0.6) is 0 Å². The Morgan fingerprint density at radius 2 is 0.981 bits per heavy atom. The lowest BCUT2D eigenvalue weighted by Crippen LogP contribution is -2.12. The predicted octanol–water partition coefficient (Wildman–Crippen LogP) is 14.4. The molecule has 10 rings (SSSR count). The number of nitrogens with zero attached hydrogens (tertiary/aromatic N) is 1. The number of rotatable bonds is 6. The predicted molar refractivity (Wildman–Crippen MR) is 220 cm³/mol. The zero-order valence-corrected chi connectivity index (χ0v) is 28.4. The molecule has 2 heteroatoms. The zero-order chi connectivity index (χ0) is 34.4. The van der Waals surface area contributed by atoms with Crippen LogP contribution in [0.3, 0.4) is 0 Å². The van der Waals surface area contributed by atoms with Gasteiger partial charge in [-0.2, -0.15) is 0 Å². The van der Waals surface area contributed by atoms with Gasteiger partial charge >= 0.3 is 0 Å². The van der Waals surface area contributed by atoms with E-state index in [0.717, 1.165) is 66.8 Å². The summed E-state index contributed by atoms with van der Waals surface area (Å²) < 4.78 is 6.49. The van der Waals surface area contributed by atoms with E-state index >= 15 is 0 Å². The van der Waals surface area contributed by atoms with Crippen LogP contribution >= 0.6 is 0 Å². The first-order valence-electron chi connectivity index (χ1n) is 17.8. The van der Waals surface area contributed by atoms with Crippen LogP contribution in [0.4, 0.5) is 17.1 Å². The molecule has 1 heterocycles. The van der Waals surface area contributed by atoms with Gasteiger partial charge in [0.05, 0.1) is 11.4 Å². The van der Waals surface area contributed by atoms with Crippen molar-refractivity contribution in [1.29, 1.82) is 0 Å². The molecule has 2 nitrogen and oxygen atoms in total. The lowest BCUT2D eigenvalue weighted by atomic mass is 9.91. The second-order valence-electron chi connectivity index (χ2n) is 13.3. The molecule has 1 aromatic heterocycles. The van der Waals surface area contributed by atoms with Crippen molar-refractivity contribution >= 4 is 60.5 Å². The van der Waals surface area contributed by atoms with Crippen LogP contribution in [0.2, 0.25) is 0 Å². The SMILES string of the molecule is c1ccc(-c2cccc(N(c3cccc(-c4ccccc4)c3-c3ccc4c(c3)oc3ccccc34)c3cccc4ccc5ccccc5c34)c2)cc1. The Bertz CT molecular complexity index is 2910. The first-order valence-corrected chi connectivity index (χ1v) is 17.8. The molecular weight excluding hydrogens is 631 g/mol. The third kappa shape index (κ3) is 5.04. The molecule has 9 aromatic carbocycles. The van der Waals surface area contributed by atoms with Gasteiger partial charge in [0.25, 0.3) is 0 Å². The summed E-state index contributed by atoms with van der Waals surface area (Å²) in [7, 11) is 0. The minimum Gasteiger partial charge on any atom is -0.456 e. The van der Waals surface area contributed by atoms with Crippen molar-refractivity contribution in [1.82, 2.24) is 0 Å². The summed E-state index contributed by atoms with van der Waals surface area (Å²) in [5.74, 6) is 0. The maximum absolute atomic E-state index is 6.49. The molecule has 0 fully saturated rings. The number of anilines is 3. The fourth-order valence-electron chi connectivity index (χ4n) is 7.86. The smallest absolute Gasteiger partial charge is 0.136 e. The van der Waals surface area contributed by atoms with Crippen molar-refractivity contribution in [2.24, 2.45) is 0 Å². The average molecular weight is 664 g/mol. The number of para-hydroxylation sites is 1. The van der Waals surface area contributed by atoms with Gasteiger partial charge < -0.3 is 9.32 Å². The molecule has 0 saturated carbocycles. The van der Waals surface area contributed by atoms with Crippen molar-refractivity contribution in [3.05, 3.63) is 200 Å². The zero-order valence-electron chi connectivity index (χ0n) is 28.4. The molecule has 0 aliphatic heterocycles. The van der Waals surface area contributed by atoms with Crippen LogP contribution in [0.15, 0.2) is 205 Å². The topological polar surface area (TPSA) is 16.4 Å². The van der Waals surface area contributed by atoms with Crippen LogP contribution in [0, 0.1) is 0 Å². The average Bonchev–Trinajstić information content (AvgIpc) is 3.59. The monoisotopic (exact) mass is 663 g/mol. The van der Waals surface area contributed by atoms with E-state index in [-0.39, 0.29) is 0 Å². The number of fused-ring (bicyclic) bond motifs is 6. The Kier molecular flexibility index (Phi) is 7.18. The van der Waals surface area contributed by atoms with Gasteiger partial charge in [-0.1, -0.05) is 158 Å². The van der Waals surface area contributed by atoms with E-state index in [1.54, 1.807) is 0 Å². The maximum Gasteiger partial charge on any atom is 0.136 e. The lowest BCUT2D eigenvalue weighted by molar-refractivity contribution is 0.669. The number of benzene rings is 9. The highest BCUT2D eigenvalue weighted by atomic mass is 16.3.